The lowest BCUT2D eigenvalue weighted by Gasteiger charge is -2.18. The van der Waals surface area contributed by atoms with Crippen LogP contribution in [0, 0.1) is 6.92 Å². The Balaban J connectivity index is 0.000000493. The highest BCUT2D eigenvalue weighted by Gasteiger charge is 2.15. The van der Waals surface area contributed by atoms with E-state index in [-0.39, 0.29) is 5.78 Å². The molecule has 0 aliphatic carbocycles. The van der Waals surface area contributed by atoms with Crippen molar-refractivity contribution in [2.75, 3.05) is 33.4 Å². The molecular weight excluding hydrogens is 462 g/mol. The van der Waals surface area contributed by atoms with Gasteiger partial charge in [0, 0.05) is 42.3 Å². The number of Topliss-reactive ketones (excluding diaryl/α,β-unsaturated/α-hetero) is 1. The minimum Gasteiger partial charge on any atom is -0.496 e. The number of ether oxygens (including phenoxy) is 2. The normalized spacial score (nSPS) is 13.2. The molecule has 0 radical (unpaired) electrons. The van der Waals surface area contributed by atoms with Crippen molar-refractivity contribution in [3.8, 4) is 22.6 Å². The summed E-state index contributed by atoms with van der Waals surface area (Å²) in [4.78, 5) is 33.8. The molecule has 0 aromatic heterocycles. The molecule has 0 atom stereocenters. The summed E-state index contributed by atoms with van der Waals surface area (Å²) in [5.41, 5.74) is 3.80. The molecule has 0 amide bonds. The molecule has 2 aromatic carbocycles. The van der Waals surface area contributed by atoms with E-state index in [9.17, 15) is 14.4 Å². The van der Waals surface area contributed by atoms with Crippen molar-refractivity contribution < 1.29 is 34.1 Å². The maximum atomic E-state index is 12.3. The van der Waals surface area contributed by atoms with Gasteiger partial charge >= 0.3 is 11.9 Å². The zero-order valence-electron chi connectivity index (χ0n) is 21.2. The number of ketones is 1. The van der Waals surface area contributed by atoms with Crippen LogP contribution in [0.1, 0.15) is 48.5 Å². The number of nitrogens with zero attached hydrogens (tertiary/aromatic N) is 1. The van der Waals surface area contributed by atoms with Gasteiger partial charge in [0.1, 0.15) is 18.1 Å². The third kappa shape index (κ3) is 9.19. The van der Waals surface area contributed by atoms with E-state index in [2.05, 4.69) is 17.9 Å². The van der Waals surface area contributed by atoms with Gasteiger partial charge in [-0.15, -0.1) is 0 Å². The van der Waals surface area contributed by atoms with E-state index in [1.165, 1.54) is 25.9 Å². The van der Waals surface area contributed by atoms with Crippen LogP contribution in [0.4, 0.5) is 0 Å². The smallest absolute Gasteiger partial charge is 0.328 e. The number of likely N-dealkylation sites (tertiary alicyclic amines) is 1. The number of benzene rings is 2. The fraction of sp³-hybridized carbons (Fsp3) is 0.393. The molecule has 2 aromatic rings. The average molecular weight is 498 g/mol. The van der Waals surface area contributed by atoms with Crippen LogP contribution in [0.5, 0.6) is 11.5 Å². The lowest BCUT2D eigenvalue weighted by molar-refractivity contribution is -0.134. The average Bonchev–Trinajstić information content (AvgIpc) is 3.38. The molecule has 0 saturated carbocycles. The minimum atomic E-state index is -1.26. The van der Waals surface area contributed by atoms with Gasteiger partial charge < -0.3 is 19.7 Å². The molecular formula is C28H35NO7. The van der Waals surface area contributed by atoms with Crippen LogP contribution in [0.3, 0.4) is 0 Å². The first kappa shape index (κ1) is 28.6. The van der Waals surface area contributed by atoms with Gasteiger partial charge in [-0.2, -0.15) is 0 Å². The van der Waals surface area contributed by atoms with E-state index in [1.807, 2.05) is 37.3 Å². The highest BCUT2D eigenvalue weighted by molar-refractivity contribution is 5.97. The molecule has 1 saturated heterocycles. The van der Waals surface area contributed by atoms with Gasteiger partial charge in [0.25, 0.3) is 0 Å². The van der Waals surface area contributed by atoms with E-state index < -0.39 is 11.9 Å². The molecule has 8 heteroatoms. The SMILES string of the molecule is CCCC(=O)c1cccc(-c2cc(C)c(OCCN3CCCC3)cc2OC)c1.O=C(O)/C=C/C(=O)O. The van der Waals surface area contributed by atoms with Crippen LogP contribution in [0.25, 0.3) is 11.1 Å². The summed E-state index contributed by atoms with van der Waals surface area (Å²) in [5, 5.41) is 15.6. The molecule has 0 spiro atoms. The van der Waals surface area contributed by atoms with Gasteiger partial charge in [-0.1, -0.05) is 25.1 Å². The van der Waals surface area contributed by atoms with E-state index in [4.69, 9.17) is 19.7 Å². The molecule has 8 nitrogen and oxygen atoms in total. The summed E-state index contributed by atoms with van der Waals surface area (Å²) in [6, 6.07) is 11.9. The van der Waals surface area contributed by atoms with E-state index in [1.54, 1.807) is 7.11 Å². The summed E-state index contributed by atoms with van der Waals surface area (Å²) >= 11 is 0. The fourth-order valence-electron chi connectivity index (χ4n) is 3.88. The maximum Gasteiger partial charge on any atom is 0.328 e. The van der Waals surface area contributed by atoms with Crippen molar-refractivity contribution in [1.29, 1.82) is 0 Å². The first-order chi connectivity index (χ1) is 17.2. The van der Waals surface area contributed by atoms with Gasteiger partial charge in [-0.3, -0.25) is 9.69 Å². The molecule has 2 N–H and O–H groups in total. The Labute approximate surface area is 212 Å². The van der Waals surface area contributed by atoms with Gasteiger partial charge in [-0.05, 0) is 62.5 Å². The second-order valence-electron chi connectivity index (χ2n) is 8.48. The summed E-state index contributed by atoms with van der Waals surface area (Å²) in [6.07, 6.45) is 5.13. The number of carboxylic acid groups (broad SMARTS) is 2. The largest absolute Gasteiger partial charge is 0.496 e. The highest BCUT2D eigenvalue weighted by Crippen LogP contribution is 2.36. The van der Waals surface area contributed by atoms with Crippen molar-refractivity contribution in [3.05, 3.63) is 59.7 Å². The number of methoxy groups -OCH3 is 1. The summed E-state index contributed by atoms with van der Waals surface area (Å²) < 4.78 is 11.7. The molecule has 1 aliphatic heterocycles. The Bertz CT molecular complexity index is 1060. The Morgan fingerprint density at radius 2 is 1.67 bits per heavy atom. The quantitative estimate of drug-likeness (QED) is 0.335. The standard InChI is InChI=1S/C24H31NO3.C4H4O4/c1-4-8-22(26)20-10-7-9-19(16-20)21-15-18(2)23(17-24(21)27-3)28-14-13-25-11-5-6-12-25;5-3(6)1-2-4(7)8/h7,9-10,15-17H,4-6,8,11-14H2,1-3H3;1-2H,(H,5,6)(H,7,8)/b;2-1+. The van der Waals surface area contributed by atoms with Crippen LogP contribution in [0.2, 0.25) is 0 Å². The van der Waals surface area contributed by atoms with Crippen LogP contribution < -0.4 is 9.47 Å². The number of carbonyl (C=O) groups excluding carboxylic acids is 1. The van der Waals surface area contributed by atoms with Crippen molar-refractivity contribution >= 4 is 17.7 Å². The monoisotopic (exact) mass is 497 g/mol. The second kappa shape index (κ2) is 14.7. The van der Waals surface area contributed by atoms with Crippen LogP contribution >= 0.6 is 0 Å². The van der Waals surface area contributed by atoms with Gasteiger partial charge in [0.05, 0.1) is 7.11 Å². The van der Waals surface area contributed by atoms with Crippen LogP contribution in [0.15, 0.2) is 48.6 Å². The van der Waals surface area contributed by atoms with Crippen molar-refractivity contribution in [1.82, 2.24) is 4.90 Å². The topological polar surface area (TPSA) is 113 Å². The molecule has 1 aliphatic rings. The number of rotatable bonds is 11. The molecule has 194 valence electrons. The third-order valence-corrected chi connectivity index (χ3v) is 5.70. The number of hydrogen-bond acceptors (Lipinski definition) is 6. The number of hydrogen-bond donors (Lipinski definition) is 2. The Kier molecular flexibility index (Phi) is 11.7. The Morgan fingerprint density at radius 3 is 2.25 bits per heavy atom. The molecule has 1 fully saturated rings. The maximum absolute atomic E-state index is 12.3. The van der Waals surface area contributed by atoms with Crippen LogP contribution in [-0.4, -0.2) is 66.2 Å². The zero-order valence-corrected chi connectivity index (χ0v) is 21.2. The molecule has 1 heterocycles. The van der Waals surface area contributed by atoms with Crippen molar-refractivity contribution in [3.63, 3.8) is 0 Å². The summed E-state index contributed by atoms with van der Waals surface area (Å²) in [5.74, 6) is -0.707. The van der Waals surface area contributed by atoms with Crippen molar-refractivity contribution in [2.24, 2.45) is 0 Å². The van der Waals surface area contributed by atoms with E-state index in [0.717, 1.165) is 46.7 Å². The number of aryl methyl sites for hydroxylation is 1. The number of carbonyl (C=O) groups is 3. The van der Waals surface area contributed by atoms with Gasteiger partial charge in [0.15, 0.2) is 5.78 Å². The van der Waals surface area contributed by atoms with E-state index in [0.29, 0.717) is 25.2 Å². The fourth-order valence-corrected chi connectivity index (χ4v) is 3.88. The van der Waals surface area contributed by atoms with Crippen molar-refractivity contribution in [2.45, 2.75) is 39.5 Å². The zero-order chi connectivity index (χ0) is 26.5. The molecule has 0 bridgehead atoms. The predicted molar refractivity (Wildman–Crippen MR) is 138 cm³/mol. The second-order valence-corrected chi connectivity index (χ2v) is 8.48. The lowest BCUT2D eigenvalue weighted by atomic mass is 9.97. The molecule has 36 heavy (non-hydrogen) atoms. The minimum absolute atomic E-state index is 0.182. The first-order valence-corrected chi connectivity index (χ1v) is 12.1. The third-order valence-electron chi connectivity index (χ3n) is 5.70. The Hall–Kier alpha value is -3.65. The van der Waals surface area contributed by atoms with Gasteiger partial charge in [-0.25, -0.2) is 9.59 Å². The molecule has 0 unspecified atom stereocenters. The number of carboxylic acids is 2. The van der Waals surface area contributed by atoms with Crippen LogP contribution in [-0.2, 0) is 9.59 Å². The predicted octanol–water partition coefficient (Wildman–Crippen LogP) is 4.84. The highest BCUT2D eigenvalue weighted by atomic mass is 16.5. The summed E-state index contributed by atoms with van der Waals surface area (Å²) in [7, 11) is 1.67. The van der Waals surface area contributed by atoms with E-state index >= 15 is 0 Å². The summed E-state index contributed by atoms with van der Waals surface area (Å²) in [6.45, 7) is 8.08. The Morgan fingerprint density at radius 1 is 1.00 bits per heavy atom. The first-order valence-electron chi connectivity index (χ1n) is 12.1. The van der Waals surface area contributed by atoms with Gasteiger partial charge in [0.2, 0.25) is 0 Å². The lowest BCUT2D eigenvalue weighted by Crippen LogP contribution is -2.25. The molecule has 3 rings (SSSR count). The number of aliphatic carboxylic acids is 2.